The number of aromatic hydroxyl groups is 1. The zero-order valence-electron chi connectivity index (χ0n) is 6.78. The Balaban J connectivity index is 2.94. The summed E-state index contributed by atoms with van der Waals surface area (Å²) in [5.74, 6) is 0.295. The smallest absolute Gasteiger partial charge is 0.124 e. The van der Waals surface area contributed by atoms with E-state index in [-0.39, 0.29) is 0 Å². The van der Waals surface area contributed by atoms with Crippen LogP contribution in [0, 0.1) is 6.92 Å². The number of nitrogens with zero attached hydrogens (tertiary/aromatic N) is 1. The van der Waals surface area contributed by atoms with Gasteiger partial charge in [0.25, 0.3) is 0 Å². The van der Waals surface area contributed by atoms with E-state index in [1.54, 1.807) is 18.5 Å². The van der Waals surface area contributed by atoms with Crippen molar-refractivity contribution in [3.05, 3.63) is 36.2 Å². The Bertz CT molecular complexity index is 382. The molecule has 0 unspecified atom stereocenters. The minimum atomic E-state index is 0.295. The average molecular weight is 159 g/mol. The molecular weight excluding hydrogens is 150 g/mol. The van der Waals surface area contributed by atoms with Gasteiger partial charge >= 0.3 is 0 Å². The zero-order valence-corrected chi connectivity index (χ0v) is 6.78. The van der Waals surface area contributed by atoms with E-state index in [2.05, 4.69) is 4.98 Å². The molecule has 0 aliphatic rings. The largest absolute Gasteiger partial charge is 0.507 e. The van der Waals surface area contributed by atoms with Crippen LogP contribution in [0.5, 0.6) is 5.75 Å². The molecule has 1 N–H and O–H groups in total. The van der Waals surface area contributed by atoms with Crippen LogP contribution in [0.2, 0.25) is 0 Å². The second-order valence-corrected chi connectivity index (χ2v) is 2.83. The van der Waals surface area contributed by atoms with Crippen molar-refractivity contribution in [3.63, 3.8) is 0 Å². The molecule has 0 amide bonds. The molecule has 0 saturated carbocycles. The quantitative estimate of drug-likeness (QED) is 0.639. The van der Waals surface area contributed by atoms with Crippen LogP contribution in [0.1, 0.15) is 5.56 Å². The predicted octanol–water partition coefficient (Wildman–Crippen LogP) is 2.25. The van der Waals surface area contributed by atoms with Crippen molar-refractivity contribution in [2.45, 2.75) is 6.92 Å². The van der Waals surface area contributed by atoms with Crippen LogP contribution in [0.25, 0.3) is 10.8 Å². The lowest BCUT2D eigenvalue weighted by Gasteiger charge is -2.01. The Labute approximate surface area is 70.5 Å². The minimum absolute atomic E-state index is 0.295. The van der Waals surface area contributed by atoms with Gasteiger partial charge in [-0.3, -0.25) is 4.98 Å². The van der Waals surface area contributed by atoms with E-state index >= 15 is 0 Å². The topological polar surface area (TPSA) is 33.1 Å². The van der Waals surface area contributed by atoms with Crippen molar-refractivity contribution in [1.29, 1.82) is 0 Å². The predicted molar refractivity (Wildman–Crippen MR) is 48.1 cm³/mol. The van der Waals surface area contributed by atoms with Crippen LogP contribution in [0.4, 0.5) is 0 Å². The van der Waals surface area contributed by atoms with Crippen molar-refractivity contribution in [2.24, 2.45) is 0 Å². The lowest BCUT2D eigenvalue weighted by atomic mass is 10.1. The van der Waals surface area contributed by atoms with Gasteiger partial charge in [0, 0.05) is 17.8 Å². The molecule has 0 bridgehead atoms. The number of aromatic nitrogens is 1. The molecule has 0 aliphatic carbocycles. The molecule has 2 heteroatoms. The molecule has 0 saturated heterocycles. The highest BCUT2D eigenvalue weighted by atomic mass is 16.3. The standard InChI is InChI=1S/C10H9NO/c1-7-5-11-6-9-8(7)3-2-4-10(9)12/h2-6,12H,1H3. The normalized spacial score (nSPS) is 10.4. The molecule has 60 valence electrons. The third kappa shape index (κ3) is 0.925. The highest BCUT2D eigenvalue weighted by molar-refractivity contribution is 5.89. The summed E-state index contributed by atoms with van der Waals surface area (Å²) < 4.78 is 0. The van der Waals surface area contributed by atoms with Gasteiger partial charge in [-0.25, -0.2) is 0 Å². The second-order valence-electron chi connectivity index (χ2n) is 2.83. The number of aryl methyl sites for hydroxylation is 1. The van der Waals surface area contributed by atoms with Gasteiger partial charge in [0.1, 0.15) is 5.75 Å². The van der Waals surface area contributed by atoms with E-state index in [1.165, 1.54) is 0 Å². The number of phenols is 1. The van der Waals surface area contributed by atoms with Gasteiger partial charge in [-0.2, -0.15) is 0 Å². The maximum absolute atomic E-state index is 9.46. The molecule has 2 aromatic rings. The molecule has 1 aromatic carbocycles. The molecular formula is C10H9NO. The summed E-state index contributed by atoms with van der Waals surface area (Å²) in [5.41, 5.74) is 1.09. The maximum Gasteiger partial charge on any atom is 0.124 e. The number of pyridine rings is 1. The summed E-state index contributed by atoms with van der Waals surface area (Å²) in [6, 6.07) is 5.49. The third-order valence-corrected chi connectivity index (χ3v) is 1.98. The SMILES string of the molecule is Cc1cncc2c(O)cccc12. The number of benzene rings is 1. The molecule has 0 atom stereocenters. The molecule has 0 radical (unpaired) electrons. The average Bonchev–Trinajstić information content (AvgIpc) is 2.07. The summed E-state index contributed by atoms with van der Waals surface area (Å²) in [6.45, 7) is 1.98. The van der Waals surface area contributed by atoms with Crippen LogP contribution < -0.4 is 0 Å². The van der Waals surface area contributed by atoms with Crippen molar-refractivity contribution < 1.29 is 5.11 Å². The number of hydrogen-bond acceptors (Lipinski definition) is 2. The highest BCUT2D eigenvalue weighted by Crippen LogP contribution is 2.24. The first-order chi connectivity index (χ1) is 5.79. The fraction of sp³-hybridized carbons (Fsp3) is 0.100. The molecule has 0 fully saturated rings. The maximum atomic E-state index is 9.46. The fourth-order valence-electron chi connectivity index (χ4n) is 1.33. The summed E-state index contributed by atoms with van der Waals surface area (Å²) >= 11 is 0. The Kier molecular flexibility index (Phi) is 1.47. The highest BCUT2D eigenvalue weighted by Gasteiger charge is 1.99. The first kappa shape index (κ1) is 7.10. The number of rotatable bonds is 0. The van der Waals surface area contributed by atoms with Gasteiger partial charge in [0.15, 0.2) is 0 Å². The number of hydrogen-bond donors (Lipinski definition) is 1. The van der Waals surface area contributed by atoms with E-state index < -0.39 is 0 Å². The van der Waals surface area contributed by atoms with E-state index in [9.17, 15) is 5.11 Å². The molecule has 2 nitrogen and oxygen atoms in total. The van der Waals surface area contributed by atoms with E-state index in [1.807, 2.05) is 19.1 Å². The molecule has 0 aliphatic heterocycles. The Morgan fingerprint density at radius 2 is 2.00 bits per heavy atom. The molecule has 12 heavy (non-hydrogen) atoms. The van der Waals surface area contributed by atoms with Gasteiger partial charge < -0.3 is 5.11 Å². The van der Waals surface area contributed by atoms with Gasteiger partial charge in [0.2, 0.25) is 0 Å². The van der Waals surface area contributed by atoms with E-state index in [0.717, 1.165) is 16.3 Å². The number of fused-ring (bicyclic) bond motifs is 1. The molecule has 1 aromatic heterocycles. The monoisotopic (exact) mass is 159 g/mol. The zero-order chi connectivity index (χ0) is 8.55. The Morgan fingerprint density at radius 1 is 1.17 bits per heavy atom. The molecule has 0 spiro atoms. The fourth-order valence-corrected chi connectivity index (χ4v) is 1.33. The van der Waals surface area contributed by atoms with Crippen LogP contribution in [-0.4, -0.2) is 10.1 Å². The number of phenolic OH excluding ortho intramolecular Hbond substituents is 1. The van der Waals surface area contributed by atoms with Crippen molar-refractivity contribution in [3.8, 4) is 5.75 Å². The Hall–Kier alpha value is -1.57. The summed E-state index contributed by atoms with van der Waals surface area (Å²) in [5, 5.41) is 11.3. The van der Waals surface area contributed by atoms with Crippen molar-refractivity contribution in [1.82, 2.24) is 4.98 Å². The third-order valence-electron chi connectivity index (χ3n) is 1.98. The van der Waals surface area contributed by atoms with Gasteiger partial charge in [-0.1, -0.05) is 12.1 Å². The van der Waals surface area contributed by atoms with Crippen LogP contribution in [-0.2, 0) is 0 Å². The Morgan fingerprint density at radius 3 is 2.75 bits per heavy atom. The lowest BCUT2D eigenvalue weighted by molar-refractivity contribution is 0.481. The van der Waals surface area contributed by atoms with Crippen LogP contribution in [0.3, 0.4) is 0 Å². The van der Waals surface area contributed by atoms with Crippen molar-refractivity contribution in [2.75, 3.05) is 0 Å². The second kappa shape index (κ2) is 2.48. The summed E-state index contributed by atoms with van der Waals surface area (Å²) in [6.07, 6.45) is 3.47. The minimum Gasteiger partial charge on any atom is -0.507 e. The first-order valence-electron chi connectivity index (χ1n) is 3.81. The summed E-state index contributed by atoms with van der Waals surface area (Å²) in [7, 11) is 0. The molecule has 2 rings (SSSR count). The summed E-state index contributed by atoms with van der Waals surface area (Å²) in [4.78, 5) is 4.01. The van der Waals surface area contributed by atoms with Gasteiger partial charge in [-0.05, 0) is 23.9 Å². The van der Waals surface area contributed by atoms with Crippen LogP contribution in [0.15, 0.2) is 30.6 Å². The lowest BCUT2D eigenvalue weighted by Crippen LogP contribution is -1.80. The molecule has 1 heterocycles. The first-order valence-corrected chi connectivity index (χ1v) is 3.81. The van der Waals surface area contributed by atoms with Crippen molar-refractivity contribution >= 4 is 10.8 Å². The van der Waals surface area contributed by atoms with E-state index in [4.69, 9.17) is 0 Å². The van der Waals surface area contributed by atoms with Gasteiger partial charge in [0.05, 0.1) is 0 Å². The van der Waals surface area contributed by atoms with Gasteiger partial charge in [-0.15, -0.1) is 0 Å². The van der Waals surface area contributed by atoms with E-state index in [0.29, 0.717) is 5.75 Å². The van der Waals surface area contributed by atoms with Crippen LogP contribution >= 0.6 is 0 Å².